The molecule has 0 bridgehead atoms. The van der Waals surface area contributed by atoms with E-state index >= 15 is 0 Å². The van der Waals surface area contributed by atoms with Crippen molar-refractivity contribution in [1.29, 1.82) is 0 Å². The minimum absolute atomic E-state index is 1.13. The number of fused-ring (bicyclic) bond motifs is 11. The molecule has 0 aliphatic heterocycles. The molecular formula is C46H28N2S2. The second-order valence-electron chi connectivity index (χ2n) is 12.9. The lowest BCUT2D eigenvalue weighted by Gasteiger charge is -2.26. The van der Waals surface area contributed by atoms with Crippen LogP contribution in [-0.4, -0.2) is 4.57 Å². The molecule has 2 nitrogen and oxygen atoms in total. The van der Waals surface area contributed by atoms with E-state index in [1.54, 1.807) is 0 Å². The minimum Gasteiger partial charge on any atom is -0.309 e. The highest BCUT2D eigenvalue weighted by Crippen LogP contribution is 2.48. The van der Waals surface area contributed by atoms with Crippen LogP contribution in [0.1, 0.15) is 0 Å². The molecule has 0 N–H and O–H groups in total. The van der Waals surface area contributed by atoms with Crippen LogP contribution in [0.3, 0.4) is 0 Å². The van der Waals surface area contributed by atoms with Gasteiger partial charge < -0.3 is 9.47 Å². The van der Waals surface area contributed by atoms with Crippen LogP contribution in [0.5, 0.6) is 0 Å². The van der Waals surface area contributed by atoms with Crippen molar-refractivity contribution in [2.24, 2.45) is 0 Å². The van der Waals surface area contributed by atoms with Gasteiger partial charge >= 0.3 is 0 Å². The van der Waals surface area contributed by atoms with Gasteiger partial charge in [-0.2, -0.15) is 0 Å². The Kier molecular flexibility index (Phi) is 6.03. The number of nitrogens with zero attached hydrogens (tertiary/aromatic N) is 2. The van der Waals surface area contributed by atoms with Gasteiger partial charge in [0, 0.05) is 63.5 Å². The average molecular weight is 673 g/mol. The Morgan fingerprint density at radius 1 is 0.380 bits per heavy atom. The molecule has 3 heterocycles. The maximum absolute atomic E-state index is 2.48. The largest absolute Gasteiger partial charge is 0.309 e. The number of hydrogen-bond acceptors (Lipinski definition) is 3. The van der Waals surface area contributed by atoms with Crippen molar-refractivity contribution >= 4 is 113 Å². The van der Waals surface area contributed by atoms with Crippen molar-refractivity contribution in [3.8, 4) is 5.69 Å². The van der Waals surface area contributed by atoms with Crippen LogP contribution in [0.15, 0.2) is 170 Å². The van der Waals surface area contributed by atoms with Gasteiger partial charge in [-0.1, -0.05) is 109 Å². The molecule has 234 valence electrons. The van der Waals surface area contributed by atoms with E-state index in [1.165, 1.54) is 78.6 Å². The number of para-hydroxylation sites is 2. The van der Waals surface area contributed by atoms with Crippen LogP contribution in [0.4, 0.5) is 17.1 Å². The van der Waals surface area contributed by atoms with Crippen LogP contribution >= 0.6 is 22.7 Å². The topological polar surface area (TPSA) is 8.17 Å². The first-order valence-electron chi connectivity index (χ1n) is 16.9. The van der Waals surface area contributed by atoms with Crippen LogP contribution in [-0.2, 0) is 0 Å². The van der Waals surface area contributed by atoms with E-state index in [0.29, 0.717) is 0 Å². The highest BCUT2D eigenvalue weighted by Gasteiger charge is 2.21. The monoisotopic (exact) mass is 672 g/mol. The second-order valence-corrected chi connectivity index (χ2v) is 15.0. The molecule has 0 saturated heterocycles. The Labute approximate surface area is 296 Å². The Bertz CT molecular complexity index is 3110. The maximum Gasteiger partial charge on any atom is 0.0640 e. The summed E-state index contributed by atoms with van der Waals surface area (Å²) in [6.45, 7) is 0. The first-order valence-corrected chi connectivity index (χ1v) is 18.6. The summed E-state index contributed by atoms with van der Waals surface area (Å²) < 4.78 is 7.66. The number of anilines is 3. The standard InChI is InChI=1S/C46H28N2S2/c1-2-12-30(13-3-1)48-40-18-8-6-15-34(40)35-25-22-32(28-42(35)48)47(41-19-10-17-37-36-16-7-9-20-43(36)50-46(37)41)31-23-26-44-39(27-31)38-24-21-29-11-4-5-14-33(29)45(38)49-44/h1-28H. The maximum atomic E-state index is 2.48. The molecule has 0 aliphatic carbocycles. The smallest absolute Gasteiger partial charge is 0.0640 e. The Morgan fingerprint density at radius 2 is 1.02 bits per heavy atom. The van der Waals surface area contributed by atoms with Gasteiger partial charge in [0.05, 0.1) is 21.4 Å². The fourth-order valence-corrected chi connectivity index (χ4v) is 10.3. The predicted molar refractivity (Wildman–Crippen MR) is 219 cm³/mol. The first kappa shape index (κ1) is 28.0. The molecule has 0 amide bonds. The number of benzene rings is 8. The zero-order chi connectivity index (χ0) is 32.8. The number of thiophene rings is 2. The van der Waals surface area contributed by atoms with Crippen LogP contribution < -0.4 is 4.90 Å². The predicted octanol–water partition coefficient (Wildman–Crippen LogP) is 14.1. The van der Waals surface area contributed by atoms with Crippen molar-refractivity contribution in [2.45, 2.75) is 0 Å². The average Bonchev–Trinajstić information content (AvgIpc) is 3.85. The van der Waals surface area contributed by atoms with Gasteiger partial charge in [0.15, 0.2) is 0 Å². The summed E-state index contributed by atoms with van der Waals surface area (Å²) in [5.74, 6) is 0. The molecule has 0 spiro atoms. The normalized spacial score (nSPS) is 12.0. The van der Waals surface area contributed by atoms with Gasteiger partial charge in [-0.05, 0) is 71.4 Å². The molecule has 8 aromatic carbocycles. The molecule has 11 aromatic rings. The summed E-state index contributed by atoms with van der Waals surface area (Å²) in [7, 11) is 0. The van der Waals surface area contributed by atoms with Crippen molar-refractivity contribution in [2.75, 3.05) is 4.90 Å². The molecule has 0 fully saturated rings. The van der Waals surface area contributed by atoms with E-state index in [4.69, 9.17) is 0 Å². The summed E-state index contributed by atoms with van der Waals surface area (Å²) in [5.41, 5.74) is 7.03. The summed E-state index contributed by atoms with van der Waals surface area (Å²) >= 11 is 3.77. The van der Waals surface area contributed by atoms with Crippen LogP contribution in [0.25, 0.3) is 78.6 Å². The molecule has 0 saturated carbocycles. The fourth-order valence-electron chi connectivity index (χ4n) is 7.92. The summed E-state index contributed by atoms with van der Waals surface area (Å²) in [6.07, 6.45) is 0. The van der Waals surface area contributed by atoms with Crippen LogP contribution in [0, 0.1) is 0 Å². The number of aromatic nitrogens is 1. The minimum atomic E-state index is 1.13. The van der Waals surface area contributed by atoms with Gasteiger partial charge in [-0.3, -0.25) is 0 Å². The van der Waals surface area contributed by atoms with Crippen molar-refractivity contribution < 1.29 is 0 Å². The molecule has 0 aliphatic rings. The summed E-state index contributed by atoms with van der Waals surface area (Å²) in [6, 6.07) is 62.4. The van der Waals surface area contributed by atoms with Crippen LogP contribution in [0.2, 0.25) is 0 Å². The molecule has 11 rings (SSSR count). The van der Waals surface area contributed by atoms with E-state index in [2.05, 4.69) is 179 Å². The van der Waals surface area contributed by atoms with Crippen molar-refractivity contribution in [1.82, 2.24) is 4.57 Å². The Hall–Kier alpha value is -5.94. The van der Waals surface area contributed by atoms with E-state index < -0.39 is 0 Å². The second kappa shape index (κ2) is 10.8. The highest BCUT2D eigenvalue weighted by molar-refractivity contribution is 7.27. The quantitative estimate of drug-likeness (QED) is 0.181. The zero-order valence-electron chi connectivity index (χ0n) is 26.9. The summed E-state index contributed by atoms with van der Waals surface area (Å²) in [5, 5.41) is 10.3. The van der Waals surface area contributed by atoms with Gasteiger partial charge in [0.1, 0.15) is 0 Å². The molecule has 4 heteroatoms. The van der Waals surface area contributed by atoms with E-state index in [9.17, 15) is 0 Å². The molecule has 0 radical (unpaired) electrons. The van der Waals surface area contributed by atoms with Gasteiger partial charge in [-0.15, -0.1) is 22.7 Å². The Morgan fingerprint density at radius 3 is 1.94 bits per heavy atom. The molecule has 0 unspecified atom stereocenters. The molecule has 0 atom stereocenters. The lowest BCUT2D eigenvalue weighted by atomic mass is 10.0. The third-order valence-corrected chi connectivity index (χ3v) is 12.6. The van der Waals surface area contributed by atoms with Gasteiger partial charge in [-0.25, -0.2) is 0 Å². The molecule has 50 heavy (non-hydrogen) atoms. The fraction of sp³-hybridized carbons (Fsp3) is 0. The van der Waals surface area contributed by atoms with Crippen molar-refractivity contribution in [3.05, 3.63) is 170 Å². The first-order chi connectivity index (χ1) is 24.8. The highest BCUT2D eigenvalue weighted by atomic mass is 32.1. The Balaban J connectivity index is 1.21. The number of hydrogen-bond donors (Lipinski definition) is 0. The van der Waals surface area contributed by atoms with Crippen molar-refractivity contribution in [3.63, 3.8) is 0 Å². The van der Waals surface area contributed by atoms with E-state index in [-0.39, 0.29) is 0 Å². The molecular weight excluding hydrogens is 645 g/mol. The lowest BCUT2D eigenvalue weighted by Crippen LogP contribution is -2.10. The van der Waals surface area contributed by atoms with E-state index in [0.717, 1.165) is 17.1 Å². The number of rotatable bonds is 4. The lowest BCUT2D eigenvalue weighted by molar-refractivity contribution is 1.18. The molecule has 3 aromatic heterocycles. The van der Waals surface area contributed by atoms with Gasteiger partial charge in [0.2, 0.25) is 0 Å². The third-order valence-electron chi connectivity index (χ3n) is 10.2. The third kappa shape index (κ3) is 4.07. The zero-order valence-corrected chi connectivity index (χ0v) is 28.5. The SMILES string of the molecule is c1ccc(-n2c3ccccc3c3ccc(N(c4ccc5sc6c7ccccc7ccc6c5c4)c4cccc5c4sc4ccccc45)cc32)cc1. The van der Waals surface area contributed by atoms with E-state index in [1.807, 2.05) is 22.7 Å². The van der Waals surface area contributed by atoms with Gasteiger partial charge in [0.25, 0.3) is 0 Å². The summed E-state index contributed by atoms with van der Waals surface area (Å²) in [4.78, 5) is 2.48.